The SMILES string of the molecule is CC(C)CCN1CCN(CCC(C)C)C(C(=O)N(C)C)C1. The Balaban J connectivity index is 2.62. The first-order valence-corrected chi connectivity index (χ1v) is 8.48. The summed E-state index contributed by atoms with van der Waals surface area (Å²) in [6, 6.07) is 0.0414. The number of hydrogen-bond acceptors (Lipinski definition) is 3. The zero-order valence-corrected chi connectivity index (χ0v) is 14.9. The Kier molecular flexibility index (Phi) is 7.67. The van der Waals surface area contributed by atoms with Gasteiger partial charge in [0.1, 0.15) is 6.04 Å². The lowest BCUT2D eigenvalue weighted by atomic mass is 10.1. The molecule has 124 valence electrons. The van der Waals surface area contributed by atoms with Crippen molar-refractivity contribution in [3.8, 4) is 0 Å². The fraction of sp³-hybridized carbons (Fsp3) is 0.941. The maximum absolute atomic E-state index is 12.5. The predicted octanol–water partition coefficient (Wildman–Crippen LogP) is 2.15. The molecule has 4 heteroatoms. The average molecular weight is 297 g/mol. The Morgan fingerprint density at radius 2 is 1.62 bits per heavy atom. The van der Waals surface area contributed by atoms with Crippen LogP contribution in [0, 0.1) is 11.8 Å². The molecule has 1 heterocycles. The summed E-state index contributed by atoms with van der Waals surface area (Å²) in [5.41, 5.74) is 0. The molecule has 1 fully saturated rings. The van der Waals surface area contributed by atoms with E-state index in [-0.39, 0.29) is 11.9 Å². The van der Waals surface area contributed by atoms with Gasteiger partial charge in [0.2, 0.25) is 5.91 Å². The number of likely N-dealkylation sites (N-methyl/N-ethyl adjacent to an activating group) is 1. The standard InChI is InChI=1S/C17H35N3O/c1-14(2)7-9-19-11-12-20(10-8-15(3)4)16(13-19)17(21)18(5)6/h14-16H,7-13H2,1-6H3. The molecule has 4 nitrogen and oxygen atoms in total. The highest BCUT2D eigenvalue weighted by molar-refractivity contribution is 5.81. The summed E-state index contributed by atoms with van der Waals surface area (Å²) < 4.78 is 0. The Morgan fingerprint density at radius 1 is 1.05 bits per heavy atom. The average Bonchev–Trinajstić information content (AvgIpc) is 2.42. The molecule has 1 aliphatic heterocycles. The quantitative estimate of drug-likeness (QED) is 0.720. The van der Waals surface area contributed by atoms with Crippen LogP contribution in [0.1, 0.15) is 40.5 Å². The van der Waals surface area contributed by atoms with Crippen LogP contribution in [0.5, 0.6) is 0 Å². The smallest absolute Gasteiger partial charge is 0.240 e. The van der Waals surface area contributed by atoms with Gasteiger partial charge in [0.15, 0.2) is 0 Å². The predicted molar refractivity (Wildman–Crippen MR) is 89.4 cm³/mol. The number of carbonyl (C=O) groups excluding carboxylic acids is 1. The van der Waals surface area contributed by atoms with Crippen LogP contribution in [-0.4, -0.2) is 73.5 Å². The molecule has 0 N–H and O–H groups in total. The van der Waals surface area contributed by atoms with Gasteiger partial charge in [-0.05, 0) is 37.8 Å². The second kappa shape index (κ2) is 8.74. The zero-order valence-electron chi connectivity index (χ0n) is 14.9. The Labute approximate surface area is 131 Å². The van der Waals surface area contributed by atoms with Crippen LogP contribution < -0.4 is 0 Å². The number of piperazine rings is 1. The first-order chi connectivity index (χ1) is 9.81. The zero-order chi connectivity index (χ0) is 16.0. The van der Waals surface area contributed by atoms with Crippen molar-refractivity contribution >= 4 is 5.91 Å². The third kappa shape index (κ3) is 6.35. The fourth-order valence-corrected chi connectivity index (χ4v) is 2.74. The molecule has 0 aromatic carbocycles. The fourth-order valence-electron chi connectivity index (χ4n) is 2.74. The van der Waals surface area contributed by atoms with Gasteiger partial charge in [-0.1, -0.05) is 27.7 Å². The lowest BCUT2D eigenvalue weighted by Crippen LogP contribution is -2.59. The van der Waals surface area contributed by atoms with Crippen LogP contribution >= 0.6 is 0 Å². The van der Waals surface area contributed by atoms with Gasteiger partial charge in [-0.2, -0.15) is 0 Å². The van der Waals surface area contributed by atoms with E-state index in [4.69, 9.17) is 0 Å². The molecule has 1 aliphatic rings. The van der Waals surface area contributed by atoms with Crippen molar-refractivity contribution in [1.29, 1.82) is 0 Å². The number of nitrogens with zero attached hydrogens (tertiary/aromatic N) is 3. The van der Waals surface area contributed by atoms with Crippen molar-refractivity contribution in [2.75, 3.05) is 46.8 Å². The van der Waals surface area contributed by atoms with Crippen LogP contribution in [0.3, 0.4) is 0 Å². The first kappa shape index (κ1) is 18.4. The Morgan fingerprint density at radius 3 is 2.14 bits per heavy atom. The number of carbonyl (C=O) groups is 1. The van der Waals surface area contributed by atoms with Gasteiger partial charge in [-0.25, -0.2) is 0 Å². The summed E-state index contributed by atoms with van der Waals surface area (Å²) in [6.07, 6.45) is 2.39. The van der Waals surface area contributed by atoms with E-state index in [0.29, 0.717) is 5.92 Å². The summed E-state index contributed by atoms with van der Waals surface area (Å²) in [4.78, 5) is 19.1. The van der Waals surface area contributed by atoms with E-state index >= 15 is 0 Å². The van der Waals surface area contributed by atoms with Gasteiger partial charge in [0.05, 0.1) is 0 Å². The molecule has 21 heavy (non-hydrogen) atoms. The molecule has 0 bridgehead atoms. The Hall–Kier alpha value is -0.610. The molecule has 1 unspecified atom stereocenters. The van der Waals surface area contributed by atoms with Crippen molar-refractivity contribution in [1.82, 2.24) is 14.7 Å². The lowest BCUT2D eigenvalue weighted by Gasteiger charge is -2.42. The monoisotopic (exact) mass is 297 g/mol. The van der Waals surface area contributed by atoms with Crippen LogP contribution in [0.2, 0.25) is 0 Å². The number of rotatable bonds is 7. The maximum Gasteiger partial charge on any atom is 0.240 e. The Bertz CT molecular complexity index is 315. The molecular formula is C17H35N3O. The van der Waals surface area contributed by atoms with Crippen LogP contribution in [0.4, 0.5) is 0 Å². The van der Waals surface area contributed by atoms with Gasteiger partial charge in [-0.15, -0.1) is 0 Å². The van der Waals surface area contributed by atoms with Crippen molar-refractivity contribution in [2.45, 2.75) is 46.6 Å². The van der Waals surface area contributed by atoms with Crippen molar-refractivity contribution < 1.29 is 4.79 Å². The van der Waals surface area contributed by atoms with E-state index < -0.39 is 0 Å². The first-order valence-electron chi connectivity index (χ1n) is 8.48. The maximum atomic E-state index is 12.5. The molecule has 0 spiro atoms. The lowest BCUT2D eigenvalue weighted by molar-refractivity contribution is -0.137. The molecule has 0 radical (unpaired) electrons. The highest BCUT2D eigenvalue weighted by Gasteiger charge is 2.32. The highest BCUT2D eigenvalue weighted by atomic mass is 16.2. The molecule has 0 aromatic rings. The molecule has 0 aliphatic carbocycles. The molecule has 1 saturated heterocycles. The summed E-state index contributed by atoms with van der Waals surface area (Å²) in [5, 5.41) is 0. The van der Waals surface area contributed by atoms with E-state index in [1.165, 1.54) is 12.8 Å². The van der Waals surface area contributed by atoms with Gasteiger partial charge in [0, 0.05) is 33.7 Å². The summed E-state index contributed by atoms with van der Waals surface area (Å²) in [7, 11) is 3.74. The van der Waals surface area contributed by atoms with Crippen LogP contribution in [-0.2, 0) is 4.79 Å². The minimum atomic E-state index is 0.0414. The number of amides is 1. The van der Waals surface area contributed by atoms with E-state index in [9.17, 15) is 4.79 Å². The van der Waals surface area contributed by atoms with E-state index in [2.05, 4.69) is 37.5 Å². The second-order valence-electron chi connectivity index (χ2n) is 7.45. The minimum Gasteiger partial charge on any atom is -0.347 e. The molecular weight excluding hydrogens is 262 g/mol. The van der Waals surface area contributed by atoms with Crippen LogP contribution in [0.25, 0.3) is 0 Å². The van der Waals surface area contributed by atoms with Gasteiger partial charge in [0.25, 0.3) is 0 Å². The van der Waals surface area contributed by atoms with E-state index in [0.717, 1.165) is 38.6 Å². The molecule has 1 amide bonds. The molecule has 0 aromatic heterocycles. The number of hydrogen-bond donors (Lipinski definition) is 0. The summed E-state index contributed by atoms with van der Waals surface area (Å²) in [5.74, 6) is 1.68. The second-order valence-corrected chi connectivity index (χ2v) is 7.45. The van der Waals surface area contributed by atoms with Gasteiger partial charge in [-0.3, -0.25) is 14.6 Å². The molecule has 1 atom stereocenters. The van der Waals surface area contributed by atoms with E-state index in [1.54, 1.807) is 4.90 Å². The largest absolute Gasteiger partial charge is 0.347 e. The van der Waals surface area contributed by atoms with Crippen molar-refractivity contribution in [3.05, 3.63) is 0 Å². The third-order valence-corrected chi connectivity index (χ3v) is 4.32. The normalized spacial score (nSPS) is 21.2. The summed E-state index contributed by atoms with van der Waals surface area (Å²) >= 11 is 0. The van der Waals surface area contributed by atoms with Crippen molar-refractivity contribution in [2.24, 2.45) is 11.8 Å². The van der Waals surface area contributed by atoms with Crippen LogP contribution in [0.15, 0.2) is 0 Å². The molecule has 0 saturated carbocycles. The minimum absolute atomic E-state index is 0.0414. The van der Waals surface area contributed by atoms with Gasteiger partial charge >= 0.3 is 0 Å². The van der Waals surface area contributed by atoms with E-state index in [1.807, 2.05) is 14.1 Å². The van der Waals surface area contributed by atoms with Gasteiger partial charge < -0.3 is 4.90 Å². The third-order valence-electron chi connectivity index (χ3n) is 4.32. The summed E-state index contributed by atoms with van der Waals surface area (Å²) in [6.45, 7) is 14.2. The topological polar surface area (TPSA) is 26.8 Å². The molecule has 1 rings (SSSR count). The van der Waals surface area contributed by atoms with Crippen molar-refractivity contribution in [3.63, 3.8) is 0 Å². The highest BCUT2D eigenvalue weighted by Crippen LogP contribution is 2.15.